The average molecular weight is 192 g/mol. The minimum Gasteiger partial charge on any atom is -0.260 e. The summed E-state index contributed by atoms with van der Waals surface area (Å²) in [5.41, 5.74) is -1.04. The molecule has 1 fully saturated rings. The van der Waals surface area contributed by atoms with Gasteiger partial charge in [-0.2, -0.15) is 10.5 Å². The summed E-state index contributed by atoms with van der Waals surface area (Å²) >= 11 is 0. The van der Waals surface area contributed by atoms with Gasteiger partial charge in [0.05, 0.1) is 0 Å². The average Bonchev–Trinajstić information content (AvgIpc) is 2.50. The molecule has 1 aliphatic heterocycles. The smallest absolute Gasteiger partial charge is 0.252 e. The maximum Gasteiger partial charge on any atom is 0.252 e. The Bertz CT molecular complexity index is 271. The zero-order valence-electron chi connectivity index (χ0n) is 8.99. The molecular formula is C10H16N4. The number of nitrogens with zero attached hydrogens (tertiary/aromatic N) is 4. The Morgan fingerprint density at radius 1 is 1.29 bits per heavy atom. The van der Waals surface area contributed by atoms with Gasteiger partial charge in [0.1, 0.15) is 12.1 Å². The van der Waals surface area contributed by atoms with E-state index in [-0.39, 0.29) is 6.04 Å². The van der Waals surface area contributed by atoms with E-state index in [0.29, 0.717) is 0 Å². The van der Waals surface area contributed by atoms with Crippen molar-refractivity contribution in [3.05, 3.63) is 0 Å². The molecule has 1 rings (SSSR count). The lowest BCUT2D eigenvalue weighted by atomic mass is 10.1. The number of rotatable bonds is 2. The van der Waals surface area contributed by atoms with Gasteiger partial charge in [0.2, 0.25) is 0 Å². The molecule has 0 aromatic rings. The molecular weight excluding hydrogens is 176 g/mol. The SMILES string of the molecule is CCN1CC(C)N(CC)C1(C#N)C#N. The van der Waals surface area contributed by atoms with Crippen LogP contribution < -0.4 is 0 Å². The Morgan fingerprint density at radius 3 is 2.21 bits per heavy atom. The molecule has 1 unspecified atom stereocenters. The van der Waals surface area contributed by atoms with Gasteiger partial charge in [0.25, 0.3) is 5.66 Å². The minimum absolute atomic E-state index is 0.277. The first-order chi connectivity index (χ1) is 6.66. The number of nitriles is 2. The molecule has 0 radical (unpaired) electrons. The van der Waals surface area contributed by atoms with Crippen LogP contribution in [-0.2, 0) is 0 Å². The molecule has 0 saturated carbocycles. The maximum absolute atomic E-state index is 9.18. The molecule has 0 aliphatic carbocycles. The highest BCUT2D eigenvalue weighted by atomic mass is 15.5. The normalized spacial score (nSPS) is 27.1. The van der Waals surface area contributed by atoms with Crippen molar-refractivity contribution in [3.63, 3.8) is 0 Å². The van der Waals surface area contributed by atoms with Gasteiger partial charge in [-0.25, -0.2) is 0 Å². The molecule has 14 heavy (non-hydrogen) atoms. The Hall–Kier alpha value is -1.10. The molecule has 4 heteroatoms. The number of hydrogen-bond donors (Lipinski definition) is 0. The van der Waals surface area contributed by atoms with Crippen molar-refractivity contribution < 1.29 is 0 Å². The lowest BCUT2D eigenvalue weighted by molar-refractivity contribution is 0.117. The van der Waals surface area contributed by atoms with Crippen LogP contribution in [0.2, 0.25) is 0 Å². The second-order valence-electron chi connectivity index (χ2n) is 3.57. The van der Waals surface area contributed by atoms with Gasteiger partial charge < -0.3 is 0 Å². The zero-order valence-corrected chi connectivity index (χ0v) is 8.99. The molecule has 1 atom stereocenters. The first-order valence-electron chi connectivity index (χ1n) is 5.00. The van der Waals surface area contributed by atoms with E-state index >= 15 is 0 Å². The van der Waals surface area contributed by atoms with Gasteiger partial charge in [-0.05, 0) is 20.0 Å². The van der Waals surface area contributed by atoms with E-state index in [1.807, 2.05) is 23.6 Å². The summed E-state index contributed by atoms with van der Waals surface area (Å²) in [6.07, 6.45) is 0. The van der Waals surface area contributed by atoms with Crippen LogP contribution >= 0.6 is 0 Å². The van der Waals surface area contributed by atoms with Crippen molar-refractivity contribution in [3.8, 4) is 12.1 Å². The largest absolute Gasteiger partial charge is 0.260 e. The number of likely N-dealkylation sites (N-methyl/N-ethyl adjacent to an activating group) is 2. The van der Waals surface area contributed by atoms with Crippen molar-refractivity contribution in [2.75, 3.05) is 19.6 Å². The fourth-order valence-electron chi connectivity index (χ4n) is 2.24. The van der Waals surface area contributed by atoms with Crippen LogP contribution in [0.25, 0.3) is 0 Å². The van der Waals surface area contributed by atoms with E-state index in [1.165, 1.54) is 0 Å². The highest BCUT2D eigenvalue weighted by Gasteiger charge is 2.50. The van der Waals surface area contributed by atoms with Crippen molar-refractivity contribution in [2.24, 2.45) is 0 Å². The molecule has 76 valence electrons. The summed E-state index contributed by atoms with van der Waals surface area (Å²) in [5.74, 6) is 0. The molecule has 0 aromatic heterocycles. The van der Waals surface area contributed by atoms with E-state index in [4.69, 9.17) is 0 Å². The van der Waals surface area contributed by atoms with Crippen LogP contribution in [0.4, 0.5) is 0 Å². The van der Waals surface area contributed by atoms with Crippen LogP contribution in [0.3, 0.4) is 0 Å². The molecule has 4 nitrogen and oxygen atoms in total. The van der Waals surface area contributed by atoms with Crippen LogP contribution in [0.1, 0.15) is 20.8 Å². The first-order valence-corrected chi connectivity index (χ1v) is 5.00. The van der Waals surface area contributed by atoms with Crippen LogP contribution in [0.15, 0.2) is 0 Å². The summed E-state index contributed by atoms with van der Waals surface area (Å²) < 4.78 is 0. The van der Waals surface area contributed by atoms with Crippen LogP contribution in [-0.4, -0.2) is 41.1 Å². The molecule has 0 N–H and O–H groups in total. The van der Waals surface area contributed by atoms with Crippen LogP contribution in [0, 0.1) is 22.7 Å². The van der Waals surface area contributed by atoms with Gasteiger partial charge in [-0.3, -0.25) is 9.80 Å². The van der Waals surface area contributed by atoms with Gasteiger partial charge in [0, 0.05) is 12.6 Å². The van der Waals surface area contributed by atoms with Crippen molar-refractivity contribution in [1.82, 2.24) is 9.80 Å². The van der Waals surface area contributed by atoms with E-state index in [9.17, 15) is 10.5 Å². The Morgan fingerprint density at radius 2 is 1.86 bits per heavy atom. The molecule has 0 bridgehead atoms. The molecule has 0 spiro atoms. The lowest BCUT2D eigenvalue weighted by Gasteiger charge is -2.31. The van der Waals surface area contributed by atoms with Gasteiger partial charge in [0.15, 0.2) is 0 Å². The number of hydrogen-bond acceptors (Lipinski definition) is 4. The Balaban J connectivity index is 3.09. The Kier molecular flexibility index (Phi) is 3.10. The van der Waals surface area contributed by atoms with E-state index < -0.39 is 5.66 Å². The lowest BCUT2D eigenvalue weighted by Crippen LogP contribution is -2.52. The molecule has 1 heterocycles. The third-order valence-corrected chi connectivity index (χ3v) is 2.92. The van der Waals surface area contributed by atoms with Gasteiger partial charge in [-0.1, -0.05) is 13.8 Å². The van der Waals surface area contributed by atoms with E-state index in [0.717, 1.165) is 19.6 Å². The summed E-state index contributed by atoms with van der Waals surface area (Å²) in [6, 6.07) is 4.58. The van der Waals surface area contributed by atoms with E-state index in [1.54, 1.807) is 0 Å². The molecule has 0 aromatic carbocycles. The molecule has 0 amide bonds. The van der Waals surface area contributed by atoms with Crippen LogP contribution in [0.5, 0.6) is 0 Å². The first kappa shape index (κ1) is 11.0. The minimum atomic E-state index is -1.04. The predicted octanol–water partition coefficient (Wildman–Crippen LogP) is 0.776. The second kappa shape index (κ2) is 3.96. The predicted molar refractivity (Wildman–Crippen MR) is 53.0 cm³/mol. The maximum atomic E-state index is 9.18. The summed E-state index contributed by atoms with van der Waals surface area (Å²) in [4.78, 5) is 3.89. The van der Waals surface area contributed by atoms with Crippen molar-refractivity contribution in [2.45, 2.75) is 32.5 Å². The summed E-state index contributed by atoms with van der Waals surface area (Å²) in [6.45, 7) is 8.29. The van der Waals surface area contributed by atoms with Gasteiger partial charge >= 0.3 is 0 Å². The fourth-order valence-corrected chi connectivity index (χ4v) is 2.24. The third-order valence-electron chi connectivity index (χ3n) is 2.92. The highest BCUT2D eigenvalue weighted by molar-refractivity contribution is 5.25. The molecule has 1 aliphatic rings. The van der Waals surface area contributed by atoms with Crippen molar-refractivity contribution >= 4 is 0 Å². The summed E-state index contributed by atoms with van der Waals surface area (Å²) in [5, 5.41) is 18.4. The monoisotopic (exact) mass is 192 g/mol. The molecule has 1 saturated heterocycles. The zero-order chi connectivity index (χ0) is 10.8. The quantitative estimate of drug-likeness (QED) is 0.648. The fraction of sp³-hybridized carbons (Fsp3) is 0.800. The van der Waals surface area contributed by atoms with E-state index in [2.05, 4.69) is 19.1 Å². The topological polar surface area (TPSA) is 54.1 Å². The standard InChI is InChI=1S/C10H16N4/c1-4-13-6-9(3)14(5-2)10(13,7-11)8-12/h9H,4-6H2,1-3H3. The summed E-state index contributed by atoms with van der Waals surface area (Å²) in [7, 11) is 0. The highest BCUT2D eigenvalue weighted by Crippen LogP contribution is 2.29. The Labute approximate surface area is 85.3 Å². The third kappa shape index (κ3) is 1.28. The second-order valence-corrected chi connectivity index (χ2v) is 3.57. The van der Waals surface area contributed by atoms with Crippen molar-refractivity contribution in [1.29, 1.82) is 10.5 Å². The van der Waals surface area contributed by atoms with Gasteiger partial charge in [-0.15, -0.1) is 0 Å².